The molecule has 0 fully saturated rings. The summed E-state index contributed by atoms with van der Waals surface area (Å²) in [6, 6.07) is 5.60. The molecule has 0 saturated heterocycles. The quantitative estimate of drug-likeness (QED) is 0.636. The topological polar surface area (TPSA) is 69.4 Å². The molecule has 1 aromatic rings. The Balaban J connectivity index is 2.70. The number of nitrogens with two attached hydrogens (primary N) is 1. The lowest BCUT2D eigenvalue weighted by atomic mass is 10.2. The van der Waals surface area contributed by atoms with E-state index in [1.54, 1.807) is 6.07 Å². The summed E-state index contributed by atoms with van der Waals surface area (Å²) in [5.41, 5.74) is 5.75. The Morgan fingerprint density at radius 3 is 2.55 bits per heavy atom. The first-order valence-electron chi connectivity index (χ1n) is 5.39. The van der Waals surface area contributed by atoms with Gasteiger partial charge >= 0.3 is 6.18 Å². The van der Waals surface area contributed by atoms with Gasteiger partial charge in [0, 0.05) is 5.56 Å². The molecule has 0 aliphatic carbocycles. The van der Waals surface area contributed by atoms with Gasteiger partial charge in [-0.2, -0.15) is 13.2 Å². The molecule has 0 amide bonds. The summed E-state index contributed by atoms with van der Waals surface area (Å²) in [4.78, 5) is -0.0196. The summed E-state index contributed by atoms with van der Waals surface area (Å²) in [7, 11) is -3.74. The molecule has 0 atom stereocenters. The van der Waals surface area contributed by atoms with Crippen molar-refractivity contribution >= 4 is 27.0 Å². The summed E-state index contributed by atoms with van der Waals surface area (Å²) in [6.07, 6.45) is -4.48. The van der Waals surface area contributed by atoms with Crippen molar-refractivity contribution in [2.45, 2.75) is 11.1 Å². The Kier molecular flexibility index (Phi) is 5.49. The van der Waals surface area contributed by atoms with Crippen LogP contribution in [-0.4, -0.2) is 38.5 Å². The molecule has 0 aromatic heterocycles. The van der Waals surface area contributed by atoms with E-state index in [1.807, 2.05) is 0 Å². The number of hydrogen-bond acceptors (Lipinski definition) is 4. The fourth-order valence-corrected chi connectivity index (χ4v) is 2.61. The summed E-state index contributed by atoms with van der Waals surface area (Å²) in [5, 5.41) is 0. The van der Waals surface area contributed by atoms with E-state index < -0.39 is 35.0 Å². The maximum Gasteiger partial charge on any atom is 0.411 e. The van der Waals surface area contributed by atoms with Crippen molar-refractivity contribution in [2.24, 2.45) is 5.73 Å². The van der Waals surface area contributed by atoms with Crippen molar-refractivity contribution in [3.63, 3.8) is 0 Å². The zero-order valence-electron chi connectivity index (χ0n) is 10.2. The molecule has 0 aliphatic heterocycles. The fourth-order valence-electron chi connectivity index (χ4n) is 1.32. The lowest BCUT2D eigenvalue weighted by molar-refractivity contribution is -0.172. The largest absolute Gasteiger partial charge is 0.411 e. The zero-order valence-corrected chi connectivity index (χ0v) is 11.8. The van der Waals surface area contributed by atoms with Crippen molar-refractivity contribution in [3.05, 3.63) is 29.8 Å². The number of hydrogen-bond donors (Lipinski definition) is 1. The van der Waals surface area contributed by atoms with Crippen LogP contribution in [0.2, 0.25) is 0 Å². The third-order valence-corrected chi connectivity index (χ3v) is 4.15. The molecule has 0 bridgehead atoms. The minimum absolute atomic E-state index is 0.0374. The van der Waals surface area contributed by atoms with Crippen molar-refractivity contribution in [3.8, 4) is 0 Å². The molecular weight excluding hydrogens is 315 g/mol. The molecule has 20 heavy (non-hydrogen) atoms. The Hall–Kier alpha value is -1.19. The third kappa shape index (κ3) is 5.43. The lowest BCUT2D eigenvalue weighted by Crippen LogP contribution is -2.21. The van der Waals surface area contributed by atoms with E-state index in [0.717, 1.165) is 0 Å². The van der Waals surface area contributed by atoms with Gasteiger partial charge in [0.25, 0.3) is 0 Å². The van der Waals surface area contributed by atoms with Crippen molar-refractivity contribution in [2.75, 3.05) is 19.0 Å². The van der Waals surface area contributed by atoms with Gasteiger partial charge in [-0.3, -0.25) is 0 Å². The van der Waals surface area contributed by atoms with Crippen molar-refractivity contribution in [1.82, 2.24) is 0 Å². The third-order valence-electron chi connectivity index (χ3n) is 2.24. The minimum atomic E-state index is -4.48. The van der Waals surface area contributed by atoms with Crippen LogP contribution in [0.3, 0.4) is 0 Å². The molecular formula is C11H12F3NO3S2. The first-order valence-corrected chi connectivity index (χ1v) is 7.45. The van der Waals surface area contributed by atoms with E-state index in [2.05, 4.69) is 4.74 Å². The van der Waals surface area contributed by atoms with Gasteiger partial charge in [-0.15, -0.1) is 0 Å². The number of halogens is 3. The molecule has 0 aliphatic rings. The zero-order chi connectivity index (χ0) is 15.4. The first kappa shape index (κ1) is 16.9. The highest BCUT2D eigenvalue weighted by Crippen LogP contribution is 2.16. The highest BCUT2D eigenvalue weighted by atomic mass is 32.2. The summed E-state index contributed by atoms with van der Waals surface area (Å²) >= 11 is 4.72. The Morgan fingerprint density at radius 1 is 1.35 bits per heavy atom. The molecule has 0 saturated carbocycles. The van der Waals surface area contributed by atoms with E-state index in [9.17, 15) is 21.6 Å². The normalized spacial score (nSPS) is 12.3. The Morgan fingerprint density at radius 2 is 2.00 bits per heavy atom. The molecule has 1 rings (SSSR count). The smallest absolute Gasteiger partial charge is 0.389 e. The monoisotopic (exact) mass is 327 g/mol. The molecule has 0 radical (unpaired) electrons. The van der Waals surface area contributed by atoms with Crippen molar-refractivity contribution in [1.29, 1.82) is 0 Å². The van der Waals surface area contributed by atoms with Gasteiger partial charge in [0.2, 0.25) is 0 Å². The number of alkyl halides is 3. The highest BCUT2D eigenvalue weighted by Gasteiger charge is 2.27. The standard InChI is InChI=1S/C11H12F3NO3S2/c12-11(13,14)7-18-4-5-20(16,17)9-3-1-2-8(6-9)10(15)19/h1-3,6H,4-5,7H2,(H2,15,19). The van der Waals surface area contributed by atoms with Gasteiger partial charge in [-0.1, -0.05) is 24.4 Å². The minimum Gasteiger partial charge on any atom is -0.389 e. The van der Waals surface area contributed by atoms with Crippen LogP contribution in [0.25, 0.3) is 0 Å². The van der Waals surface area contributed by atoms with Crippen LogP contribution in [-0.2, 0) is 14.6 Å². The lowest BCUT2D eigenvalue weighted by Gasteiger charge is -2.09. The molecule has 0 heterocycles. The van der Waals surface area contributed by atoms with E-state index in [1.165, 1.54) is 18.2 Å². The summed E-state index contributed by atoms with van der Waals surface area (Å²) in [6.45, 7) is -2.02. The average molecular weight is 327 g/mol. The van der Waals surface area contributed by atoms with E-state index in [-0.39, 0.29) is 9.88 Å². The summed E-state index contributed by atoms with van der Waals surface area (Å²) < 4.78 is 63.6. The van der Waals surface area contributed by atoms with Gasteiger partial charge in [-0.25, -0.2) is 8.42 Å². The van der Waals surface area contributed by atoms with Gasteiger partial charge in [0.1, 0.15) is 11.6 Å². The van der Waals surface area contributed by atoms with Crippen LogP contribution in [0.1, 0.15) is 5.56 Å². The Labute approximate surface area is 119 Å². The number of thiocarbonyl (C=S) groups is 1. The fraction of sp³-hybridized carbons (Fsp3) is 0.364. The average Bonchev–Trinajstić information content (AvgIpc) is 2.34. The molecule has 1 aromatic carbocycles. The van der Waals surface area contributed by atoms with Crippen LogP contribution in [0.5, 0.6) is 0 Å². The van der Waals surface area contributed by atoms with Crippen LogP contribution in [0, 0.1) is 0 Å². The van der Waals surface area contributed by atoms with Crippen LogP contribution in [0.4, 0.5) is 13.2 Å². The van der Waals surface area contributed by atoms with E-state index >= 15 is 0 Å². The first-order chi connectivity index (χ1) is 9.12. The number of benzene rings is 1. The van der Waals surface area contributed by atoms with Gasteiger partial charge in [0.15, 0.2) is 9.84 Å². The van der Waals surface area contributed by atoms with E-state index in [0.29, 0.717) is 5.56 Å². The molecule has 112 valence electrons. The molecule has 0 unspecified atom stereocenters. The Bertz CT molecular complexity index is 585. The second kappa shape index (κ2) is 6.51. The van der Waals surface area contributed by atoms with Crippen LogP contribution in [0.15, 0.2) is 29.2 Å². The molecule has 0 spiro atoms. The van der Waals surface area contributed by atoms with Crippen LogP contribution >= 0.6 is 12.2 Å². The van der Waals surface area contributed by atoms with E-state index in [4.69, 9.17) is 18.0 Å². The summed E-state index contributed by atoms with van der Waals surface area (Å²) in [5.74, 6) is -0.552. The second-order valence-corrected chi connectivity index (χ2v) is 6.43. The van der Waals surface area contributed by atoms with Crippen molar-refractivity contribution < 1.29 is 26.3 Å². The maximum atomic E-state index is 11.9. The van der Waals surface area contributed by atoms with Gasteiger partial charge in [-0.05, 0) is 12.1 Å². The molecule has 2 N–H and O–H groups in total. The van der Waals surface area contributed by atoms with Crippen LogP contribution < -0.4 is 5.73 Å². The van der Waals surface area contributed by atoms with Gasteiger partial charge in [0.05, 0.1) is 17.3 Å². The molecule has 9 heteroatoms. The SMILES string of the molecule is NC(=S)c1cccc(S(=O)(=O)CCOCC(F)(F)F)c1. The number of ether oxygens (including phenoxy) is 1. The van der Waals surface area contributed by atoms with Gasteiger partial charge < -0.3 is 10.5 Å². The number of rotatable bonds is 6. The second-order valence-electron chi connectivity index (χ2n) is 3.88. The number of sulfone groups is 1. The predicted molar refractivity (Wildman–Crippen MR) is 71.3 cm³/mol. The predicted octanol–water partition coefficient (Wildman–Crippen LogP) is 1.67. The maximum absolute atomic E-state index is 11.9. The molecule has 4 nitrogen and oxygen atoms in total. The highest BCUT2D eigenvalue weighted by molar-refractivity contribution is 7.91.